The molecule has 0 aliphatic heterocycles. The summed E-state index contributed by atoms with van der Waals surface area (Å²) >= 11 is 5.91. The van der Waals surface area contributed by atoms with Crippen LogP contribution in [0.2, 0.25) is 5.02 Å². The average Bonchev–Trinajstić information content (AvgIpc) is 2.40. The highest BCUT2D eigenvalue weighted by Gasteiger charge is 2.33. The summed E-state index contributed by atoms with van der Waals surface area (Å²) in [5, 5.41) is 11.7. The number of aliphatic hydroxyl groups is 1. The Morgan fingerprint density at radius 1 is 1.21 bits per heavy atom. The van der Waals surface area contributed by atoms with Gasteiger partial charge in [0.05, 0.1) is 5.60 Å². The molecular formula is C16H18ClNO. The van der Waals surface area contributed by atoms with Crippen LogP contribution in [-0.4, -0.2) is 10.1 Å². The van der Waals surface area contributed by atoms with Crippen LogP contribution in [0.5, 0.6) is 0 Å². The van der Waals surface area contributed by atoms with Crippen molar-refractivity contribution in [2.24, 2.45) is 5.92 Å². The lowest BCUT2D eigenvalue weighted by Gasteiger charge is -2.33. The zero-order valence-corrected chi connectivity index (χ0v) is 11.9. The first kappa shape index (κ1) is 14.0. The minimum Gasteiger partial charge on any atom is -0.385 e. The highest BCUT2D eigenvalue weighted by atomic mass is 35.5. The molecule has 0 amide bonds. The van der Waals surface area contributed by atoms with Crippen LogP contribution in [0.15, 0.2) is 48.8 Å². The smallest absolute Gasteiger partial charge is 0.0960 e. The number of aromatic nitrogens is 1. The lowest BCUT2D eigenvalue weighted by atomic mass is 9.79. The SMILES string of the molecule is CC(C)C(O)(Cc1cccnc1)c1ccc(Cl)cc1. The number of hydrogen-bond acceptors (Lipinski definition) is 2. The first-order chi connectivity index (χ1) is 9.02. The molecule has 0 fully saturated rings. The second-order valence-electron chi connectivity index (χ2n) is 5.12. The van der Waals surface area contributed by atoms with Crippen molar-refractivity contribution in [2.45, 2.75) is 25.9 Å². The predicted octanol–water partition coefficient (Wildman–Crippen LogP) is 3.82. The Morgan fingerprint density at radius 3 is 2.42 bits per heavy atom. The monoisotopic (exact) mass is 275 g/mol. The molecule has 0 radical (unpaired) electrons. The van der Waals surface area contributed by atoms with E-state index in [4.69, 9.17) is 11.6 Å². The van der Waals surface area contributed by atoms with E-state index in [1.54, 1.807) is 12.4 Å². The van der Waals surface area contributed by atoms with Crippen molar-refractivity contribution in [1.82, 2.24) is 4.98 Å². The average molecular weight is 276 g/mol. The number of rotatable bonds is 4. The van der Waals surface area contributed by atoms with E-state index >= 15 is 0 Å². The maximum absolute atomic E-state index is 11.0. The number of nitrogens with zero attached hydrogens (tertiary/aromatic N) is 1. The fraction of sp³-hybridized carbons (Fsp3) is 0.312. The van der Waals surface area contributed by atoms with Gasteiger partial charge in [0.2, 0.25) is 0 Å². The summed E-state index contributed by atoms with van der Waals surface area (Å²) in [6, 6.07) is 11.3. The molecule has 0 aliphatic rings. The van der Waals surface area contributed by atoms with Crippen LogP contribution in [0.1, 0.15) is 25.0 Å². The first-order valence-corrected chi connectivity index (χ1v) is 6.77. The second-order valence-corrected chi connectivity index (χ2v) is 5.56. The third-order valence-electron chi connectivity index (χ3n) is 3.50. The first-order valence-electron chi connectivity index (χ1n) is 6.39. The van der Waals surface area contributed by atoms with E-state index in [1.165, 1.54) is 0 Å². The molecule has 0 saturated carbocycles. The van der Waals surface area contributed by atoms with Crippen molar-refractivity contribution in [3.8, 4) is 0 Å². The normalized spacial score (nSPS) is 14.4. The molecule has 2 nitrogen and oxygen atoms in total. The molecule has 0 aliphatic carbocycles. The van der Waals surface area contributed by atoms with Crippen molar-refractivity contribution >= 4 is 11.6 Å². The van der Waals surface area contributed by atoms with Crippen LogP contribution >= 0.6 is 11.6 Å². The van der Waals surface area contributed by atoms with Crippen LogP contribution in [0.25, 0.3) is 0 Å². The molecule has 1 unspecified atom stereocenters. The summed E-state index contributed by atoms with van der Waals surface area (Å²) < 4.78 is 0. The Kier molecular flexibility index (Phi) is 4.23. The lowest BCUT2D eigenvalue weighted by molar-refractivity contribution is -0.0101. The van der Waals surface area contributed by atoms with Crippen LogP contribution in [0.4, 0.5) is 0 Å². The van der Waals surface area contributed by atoms with Crippen molar-refractivity contribution in [3.63, 3.8) is 0 Å². The van der Waals surface area contributed by atoms with E-state index in [2.05, 4.69) is 4.98 Å². The van der Waals surface area contributed by atoms with Crippen molar-refractivity contribution in [3.05, 3.63) is 64.9 Å². The van der Waals surface area contributed by atoms with Gasteiger partial charge in [0.1, 0.15) is 0 Å². The predicted molar refractivity (Wildman–Crippen MR) is 78.1 cm³/mol. The highest BCUT2D eigenvalue weighted by Crippen LogP contribution is 2.33. The Balaban J connectivity index is 2.35. The second kappa shape index (κ2) is 5.72. The van der Waals surface area contributed by atoms with Gasteiger partial charge in [-0.1, -0.05) is 43.6 Å². The van der Waals surface area contributed by atoms with Crippen LogP contribution in [0, 0.1) is 5.92 Å². The zero-order valence-electron chi connectivity index (χ0n) is 11.2. The van der Waals surface area contributed by atoms with Gasteiger partial charge < -0.3 is 5.11 Å². The summed E-state index contributed by atoms with van der Waals surface area (Å²) in [5.74, 6) is 0.0916. The Labute approximate surface area is 119 Å². The van der Waals surface area contributed by atoms with E-state index < -0.39 is 5.60 Å². The molecule has 3 heteroatoms. The molecule has 2 rings (SSSR count). The number of hydrogen-bond donors (Lipinski definition) is 1. The molecule has 2 aromatic rings. The van der Waals surface area contributed by atoms with E-state index in [-0.39, 0.29) is 5.92 Å². The molecule has 0 bridgehead atoms. The molecule has 1 heterocycles. The van der Waals surface area contributed by atoms with Gasteiger partial charge in [0.25, 0.3) is 0 Å². The van der Waals surface area contributed by atoms with Crippen LogP contribution < -0.4 is 0 Å². The summed E-state index contributed by atoms with van der Waals surface area (Å²) in [6.07, 6.45) is 4.07. The quantitative estimate of drug-likeness (QED) is 0.920. The van der Waals surface area contributed by atoms with Gasteiger partial charge in [-0.3, -0.25) is 4.98 Å². The lowest BCUT2D eigenvalue weighted by Crippen LogP contribution is -2.34. The molecule has 1 aromatic heterocycles. The molecule has 1 aromatic carbocycles. The molecule has 0 spiro atoms. The van der Waals surface area contributed by atoms with Gasteiger partial charge in [-0.2, -0.15) is 0 Å². The van der Waals surface area contributed by atoms with E-state index in [1.807, 2.05) is 50.2 Å². The van der Waals surface area contributed by atoms with E-state index in [0.29, 0.717) is 11.4 Å². The maximum Gasteiger partial charge on any atom is 0.0960 e. The molecule has 1 atom stereocenters. The van der Waals surface area contributed by atoms with Crippen molar-refractivity contribution in [1.29, 1.82) is 0 Å². The summed E-state index contributed by atoms with van der Waals surface area (Å²) in [4.78, 5) is 4.10. The Bertz CT molecular complexity index is 524. The van der Waals surface area contributed by atoms with Gasteiger partial charge >= 0.3 is 0 Å². The number of halogens is 1. The third-order valence-corrected chi connectivity index (χ3v) is 3.75. The minimum absolute atomic E-state index is 0.0916. The Morgan fingerprint density at radius 2 is 1.89 bits per heavy atom. The van der Waals surface area contributed by atoms with Gasteiger partial charge in [-0.05, 0) is 35.2 Å². The third kappa shape index (κ3) is 3.14. The zero-order chi connectivity index (χ0) is 13.9. The minimum atomic E-state index is -0.909. The van der Waals surface area contributed by atoms with Gasteiger partial charge in [0, 0.05) is 23.8 Å². The standard InChI is InChI=1S/C16H18ClNO/c1-12(2)16(19,10-13-4-3-9-18-11-13)14-5-7-15(17)8-6-14/h3-9,11-12,19H,10H2,1-2H3. The number of pyridine rings is 1. The van der Waals surface area contributed by atoms with Crippen LogP contribution in [-0.2, 0) is 12.0 Å². The summed E-state index contributed by atoms with van der Waals surface area (Å²) in [6.45, 7) is 4.04. The van der Waals surface area contributed by atoms with Crippen molar-refractivity contribution in [2.75, 3.05) is 0 Å². The molecule has 0 saturated heterocycles. The van der Waals surface area contributed by atoms with Gasteiger partial charge in [-0.25, -0.2) is 0 Å². The largest absolute Gasteiger partial charge is 0.385 e. The molecule has 19 heavy (non-hydrogen) atoms. The Hall–Kier alpha value is -1.38. The molecule has 1 N–H and O–H groups in total. The van der Waals surface area contributed by atoms with Gasteiger partial charge in [-0.15, -0.1) is 0 Å². The topological polar surface area (TPSA) is 33.1 Å². The van der Waals surface area contributed by atoms with Crippen molar-refractivity contribution < 1.29 is 5.11 Å². The van der Waals surface area contributed by atoms with Crippen LogP contribution in [0.3, 0.4) is 0 Å². The highest BCUT2D eigenvalue weighted by molar-refractivity contribution is 6.30. The molecular weight excluding hydrogens is 258 g/mol. The fourth-order valence-corrected chi connectivity index (χ4v) is 2.32. The summed E-state index contributed by atoms with van der Waals surface area (Å²) in [5.41, 5.74) is 0.998. The number of benzene rings is 1. The van der Waals surface area contributed by atoms with E-state index in [0.717, 1.165) is 11.1 Å². The molecule has 100 valence electrons. The van der Waals surface area contributed by atoms with E-state index in [9.17, 15) is 5.11 Å². The summed E-state index contributed by atoms with van der Waals surface area (Å²) in [7, 11) is 0. The van der Waals surface area contributed by atoms with Gasteiger partial charge in [0.15, 0.2) is 0 Å². The maximum atomic E-state index is 11.0. The fourth-order valence-electron chi connectivity index (χ4n) is 2.19.